The molecule has 29 heavy (non-hydrogen) atoms. The molecule has 1 aliphatic carbocycles. The normalized spacial score (nSPS) is 18.0. The number of nitrogens with two attached hydrogens (primary N) is 1. The lowest BCUT2D eigenvalue weighted by Gasteiger charge is -2.16. The van der Waals surface area contributed by atoms with Crippen molar-refractivity contribution in [2.75, 3.05) is 0 Å². The van der Waals surface area contributed by atoms with Crippen molar-refractivity contribution in [3.8, 4) is 23.1 Å². The number of aromatic hydroxyl groups is 1. The molecule has 2 aromatic heterocycles. The monoisotopic (exact) mass is 386 g/mol. The summed E-state index contributed by atoms with van der Waals surface area (Å²) in [5.74, 6) is -1.64. The molecule has 2 unspecified atom stereocenters. The molecule has 2 heterocycles. The second kappa shape index (κ2) is 6.36. The summed E-state index contributed by atoms with van der Waals surface area (Å²) < 4.78 is 13.9. The van der Waals surface area contributed by atoms with E-state index in [1.165, 1.54) is 24.0 Å². The van der Waals surface area contributed by atoms with Crippen molar-refractivity contribution in [2.45, 2.75) is 18.4 Å². The van der Waals surface area contributed by atoms with Gasteiger partial charge in [-0.1, -0.05) is 24.3 Å². The van der Waals surface area contributed by atoms with Crippen LogP contribution in [0.3, 0.4) is 0 Å². The van der Waals surface area contributed by atoms with Crippen LogP contribution in [0.15, 0.2) is 42.7 Å². The van der Waals surface area contributed by atoms with Gasteiger partial charge in [0.05, 0.1) is 22.3 Å². The van der Waals surface area contributed by atoms with Crippen LogP contribution in [0.4, 0.5) is 4.39 Å². The molecule has 1 aliphatic rings. The minimum atomic E-state index is -0.954. The van der Waals surface area contributed by atoms with Crippen LogP contribution in [0.5, 0.6) is 5.75 Å². The van der Waals surface area contributed by atoms with Crippen molar-refractivity contribution in [3.63, 3.8) is 0 Å². The maximum atomic E-state index is 13.9. The van der Waals surface area contributed by atoms with Crippen LogP contribution < -0.4 is 5.73 Å². The van der Waals surface area contributed by atoms with Gasteiger partial charge in [-0.2, -0.15) is 10.4 Å². The zero-order chi connectivity index (χ0) is 20.1. The number of aromatic amines is 1. The molecule has 4 aromatic rings. The summed E-state index contributed by atoms with van der Waals surface area (Å²) in [6.45, 7) is 0. The zero-order valence-electron chi connectivity index (χ0n) is 15.1. The van der Waals surface area contributed by atoms with Crippen LogP contribution in [0.2, 0.25) is 0 Å². The number of fused-ring (bicyclic) bond motifs is 2. The van der Waals surface area contributed by atoms with Crippen molar-refractivity contribution in [1.29, 1.82) is 5.26 Å². The summed E-state index contributed by atoms with van der Waals surface area (Å²) >= 11 is 0. The Morgan fingerprint density at radius 3 is 2.86 bits per heavy atom. The summed E-state index contributed by atoms with van der Waals surface area (Å²) in [5, 5.41) is 26.9. The first kappa shape index (κ1) is 17.3. The SMILES string of the molecule is N#Cc1cc(-c2[nH]nc3ncnc(C4Cc5ccccc5C4N)c23)cc(O)c1F. The lowest BCUT2D eigenvalue weighted by atomic mass is 9.93. The molecular formula is C21H15FN6O. The van der Waals surface area contributed by atoms with Crippen LogP contribution in [-0.4, -0.2) is 25.3 Å². The number of rotatable bonds is 2. The highest BCUT2D eigenvalue weighted by Gasteiger charge is 2.34. The number of H-pyrrole nitrogens is 1. The van der Waals surface area contributed by atoms with Crippen LogP contribution in [0.1, 0.15) is 34.3 Å². The zero-order valence-corrected chi connectivity index (χ0v) is 15.1. The first-order valence-corrected chi connectivity index (χ1v) is 9.03. The fourth-order valence-corrected chi connectivity index (χ4v) is 4.10. The van der Waals surface area contributed by atoms with E-state index in [4.69, 9.17) is 5.73 Å². The minimum Gasteiger partial charge on any atom is -0.505 e. The molecule has 0 spiro atoms. The van der Waals surface area contributed by atoms with Gasteiger partial charge in [0, 0.05) is 17.5 Å². The number of phenolic OH excluding ortho intramolecular Hbond substituents is 1. The molecule has 0 amide bonds. The molecule has 4 N–H and O–H groups in total. The highest BCUT2D eigenvalue weighted by atomic mass is 19.1. The fourth-order valence-electron chi connectivity index (χ4n) is 4.10. The number of nitrogens with zero attached hydrogens (tertiary/aromatic N) is 4. The van der Waals surface area contributed by atoms with Gasteiger partial charge in [-0.3, -0.25) is 5.10 Å². The third-order valence-electron chi connectivity index (χ3n) is 5.48. The second-order valence-corrected chi connectivity index (χ2v) is 7.06. The first-order chi connectivity index (χ1) is 14.1. The molecular weight excluding hydrogens is 371 g/mol. The Morgan fingerprint density at radius 2 is 2.07 bits per heavy atom. The average molecular weight is 386 g/mol. The molecule has 142 valence electrons. The van der Waals surface area contributed by atoms with Crippen LogP contribution in [-0.2, 0) is 6.42 Å². The van der Waals surface area contributed by atoms with E-state index in [-0.39, 0.29) is 17.5 Å². The minimum absolute atomic E-state index is 0.0845. The number of aromatic nitrogens is 4. The van der Waals surface area contributed by atoms with E-state index in [1.54, 1.807) is 6.07 Å². The van der Waals surface area contributed by atoms with Crippen molar-refractivity contribution in [1.82, 2.24) is 20.2 Å². The van der Waals surface area contributed by atoms with E-state index in [0.717, 1.165) is 17.7 Å². The highest BCUT2D eigenvalue weighted by molar-refractivity contribution is 5.93. The number of benzene rings is 2. The van der Waals surface area contributed by atoms with E-state index < -0.39 is 11.6 Å². The maximum absolute atomic E-state index is 13.9. The molecule has 8 heteroatoms. The molecule has 0 bridgehead atoms. The van der Waals surface area contributed by atoms with Crippen molar-refractivity contribution in [2.24, 2.45) is 5.73 Å². The lowest BCUT2D eigenvalue weighted by molar-refractivity contribution is 0.432. The number of phenols is 1. The van der Waals surface area contributed by atoms with E-state index >= 15 is 0 Å². The first-order valence-electron chi connectivity index (χ1n) is 9.03. The van der Waals surface area contributed by atoms with E-state index in [2.05, 4.69) is 26.2 Å². The van der Waals surface area contributed by atoms with Crippen molar-refractivity contribution in [3.05, 3.63) is 70.9 Å². The summed E-state index contributed by atoms with van der Waals surface area (Å²) in [6, 6.07) is 12.2. The predicted molar refractivity (Wildman–Crippen MR) is 103 cm³/mol. The van der Waals surface area contributed by atoms with Gasteiger partial charge in [0.25, 0.3) is 0 Å². The average Bonchev–Trinajstić information content (AvgIpc) is 3.32. The molecule has 5 rings (SSSR count). The number of halogens is 1. The van der Waals surface area contributed by atoms with Gasteiger partial charge >= 0.3 is 0 Å². The summed E-state index contributed by atoms with van der Waals surface area (Å²) in [4.78, 5) is 8.73. The molecule has 2 atom stereocenters. The molecule has 0 aliphatic heterocycles. The number of hydrogen-bond donors (Lipinski definition) is 3. The lowest BCUT2D eigenvalue weighted by Crippen LogP contribution is -2.16. The van der Waals surface area contributed by atoms with Crippen LogP contribution >= 0.6 is 0 Å². The third-order valence-corrected chi connectivity index (χ3v) is 5.48. The van der Waals surface area contributed by atoms with Gasteiger partial charge in [-0.25, -0.2) is 14.4 Å². The molecule has 0 saturated carbocycles. The van der Waals surface area contributed by atoms with Crippen LogP contribution in [0, 0.1) is 17.1 Å². The Bertz CT molecular complexity index is 1310. The van der Waals surface area contributed by atoms with Gasteiger partial charge in [0.2, 0.25) is 0 Å². The van der Waals surface area contributed by atoms with Gasteiger partial charge in [0.15, 0.2) is 17.2 Å². The van der Waals surface area contributed by atoms with Gasteiger partial charge in [-0.05, 0) is 29.7 Å². The van der Waals surface area contributed by atoms with E-state index in [9.17, 15) is 14.8 Å². The van der Waals surface area contributed by atoms with E-state index in [1.807, 2.05) is 18.2 Å². The molecule has 7 nitrogen and oxygen atoms in total. The summed E-state index contributed by atoms with van der Waals surface area (Å²) in [6.07, 6.45) is 2.17. The Morgan fingerprint density at radius 1 is 1.24 bits per heavy atom. The topological polar surface area (TPSA) is 124 Å². The molecule has 0 saturated heterocycles. The highest BCUT2D eigenvalue weighted by Crippen LogP contribution is 2.43. The summed E-state index contributed by atoms with van der Waals surface area (Å²) in [7, 11) is 0. The Balaban J connectivity index is 1.70. The van der Waals surface area contributed by atoms with Crippen molar-refractivity contribution < 1.29 is 9.50 Å². The van der Waals surface area contributed by atoms with Crippen LogP contribution in [0.25, 0.3) is 22.3 Å². The Hall–Kier alpha value is -3.83. The number of nitrogens with one attached hydrogen (secondary N) is 1. The molecule has 0 fully saturated rings. The van der Waals surface area contributed by atoms with Gasteiger partial charge < -0.3 is 10.8 Å². The quantitative estimate of drug-likeness (QED) is 0.486. The maximum Gasteiger partial charge on any atom is 0.184 e. The van der Waals surface area contributed by atoms with E-state index in [0.29, 0.717) is 22.3 Å². The number of hydrogen-bond acceptors (Lipinski definition) is 6. The summed E-state index contributed by atoms with van der Waals surface area (Å²) in [5.41, 5.74) is 10.6. The Labute approximate surface area is 164 Å². The largest absolute Gasteiger partial charge is 0.505 e. The number of nitriles is 1. The third kappa shape index (κ3) is 2.56. The van der Waals surface area contributed by atoms with Crippen molar-refractivity contribution >= 4 is 11.0 Å². The standard InChI is InChI=1S/C21H15FN6O/c22-17-12(8-23)5-11(7-15(17)29)19-16-20(25-9-26-21(16)28-27-19)14-6-10-3-1-2-4-13(10)18(14)24/h1-5,7,9,14,18,29H,6,24H2,(H,25,26,27,28). The fraction of sp³-hybridized carbons (Fsp3) is 0.143. The van der Waals surface area contributed by atoms with Gasteiger partial charge in [0.1, 0.15) is 12.4 Å². The smallest absolute Gasteiger partial charge is 0.184 e. The molecule has 2 aromatic carbocycles. The second-order valence-electron chi connectivity index (χ2n) is 7.06. The Kier molecular flexibility index (Phi) is 3.79. The predicted octanol–water partition coefficient (Wildman–Crippen LogP) is 3.08. The van der Waals surface area contributed by atoms with Gasteiger partial charge in [-0.15, -0.1) is 0 Å². The molecule has 0 radical (unpaired) electrons.